The fraction of sp³-hybridized carbons (Fsp3) is 0.167. The van der Waals surface area contributed by atoms with Crippen molar-refractivity contribution in [3.05, 3.63) is 88.7 Å². The van der Waals surface area contributed by atoms with E-state index in [1.54, 1.807) is 23.1 Å². The summed E-state index contributed by atoms with van der Waals surface area (Å²) in [7, 11) is -1.99. The first-order chi connectivity index (χ1) is 15.9. The van der Waals surface area contributed by atoms with Crippen LogP contribution in [0.4, 0.5) is 0 Å². The van der Waals surface area contributed by atoms with E-state index in [-0.39, 0.29) is 0 Å². The summed E-state index contributed by atoms with van der Waals surface area (Å²) >= 11 is 1.56. The minimum absolute atomic E-state index is 0.460. The van der Waals surface area contributed by atoms with Crippen molar-refractivity contribution < 1.29 is 13.2 Å². The molecule has 0 N–H and O–H groups in total. The Morgan fingerprint density at radius 1 is 1.06 bits per heavy atom. The highest BCUT2D eigenvalue weighted by atomic mass is 32.2. The van der Waals surface area contributed by atoms with Gasteiger partial charge in [-0.1, -0.05) is 30.3 Å². The van der Waals surface area contributed by atoms with Gasteiger partial charge in [0.2, 0.25) is 10.0 Å². The minimum atomic E-state index is -3.60. The van der Waals surface area contributed by atoms with Gasteiger partial charge in [-0.15, -0.1) is 0 Å². The maximum atomic E-state index is 12.7. The number of rotatable bonds is 6. The summed E-state index contributed by atoms with van der Waals surface area (Å²) in [6.07, 6.45) is 3.55. The summed E-state index contributed by atoms with van der Waals surface area (Å²) in [5, 5.41) is 13.3. The van der Waals surface area contributed by atoms with Crippen LogP contribution in [0.5, 0.6) is 5.75 Å². The third-order valence-corrected chi connectivity index (χ3v) is 7.23. The predicted molar refractivity (Wildman–Crippen MR) is 130 cm³/mol. The van der Waals surface area contributed by atoms with Crippen molar-refractivity contribution in [1.82, 2.24) is 14.2 Å². The normalized spacial score (nSPS) is 16.1. The minimum Gasteiger partial charge on any atom is -0.497 e. The Hall–Kier alpha value is -3.43. The number of sulfonamides is 1. The van der Waals surface area contributed by atoms with Gasteiger partial charge >= 0.3 is 0 Å². The second-order valence-corrected chi connectivity index (χ2v) is 10.4. The van der Waals surface area contributed by atoms with Gasteiger partial charge in [-0.2, -0.15) is 26.0 Å². The summed E-state index contributed by atoms with van der Waals surface area (Å²) in [4.78, 5) is 0. The molecule has 0 radical (unpaired) electrons. The summed E-state index contributed by atoms with van der Waals surface area (Å²) in [6.45, 7) is 0. The van der Waals surface area contributed by atoms with Gasteiger partial charge in [0, 0.05) is 29.3 Å². The lowest BCUT2D eigenvalue weighted by atomic mass is 9.98. The molecule has 1 aliphatic rings. The van der Waals surface area contributed by atoms with Crippen molar-refractivity contribution in [3.8, 4) is 22.7 Å². The van der Waals surface area contributed by atoms with Crippen molar-refractivity contribution >= 4 is 27.1 Å². The Morgan fingerprint density at radius 3 is 2.58 bits per heavy atom. The standard InChI is InChI=1S/C24H22N4O3S2/c1-31-20-10-6-7-17(13-20)24-21(15-27(26-24)19-8-4-3-5-9-19)23-14-22(18-11-12-32-16-18)25-28(23)33(2,29)30/h3-13,15-16,23H,14H2,1-2H3. The molecular weight excluding hydrogens is 456 g/mol. The van der Waals surface area contributed by atoms with Gasteiger partial charge in [0.15, 0.2) is 0 Å². The highest BCUT2D eigenvalue weighted by molar-refractivity contribution is 7.88. The van der Waals surface area contributed by atoms with Gasteiger partial charge in [0.05, 0.1) is 36.5 Å². The van der Waals surface area contributed by atoms with Crippen LogP contribution in [0.15, 0.2) is 82.7 Å². The van der Waals surface area contributed by atoms with Crippen molar-refractivity contribution in [1.29, 1.82) is 0 Å². The van der Waals surface area contributed by atoms with Gasteiger partial charge in [-0.3, -0.25) is 0 Å². The summed E-state index contributed by atoms with van der Waals surface area (Å²) < 4.78 is 33.9. The van der Waals surface area contributed by atoms with Crippen LogP contribution in [0.3, 0.4) is 0 Å². The molecule has 0 fully saturated rings. The van der Waals surface area contributed by atoms with Crippen LogP contribution < -0.4 is 4.74 Å². The fourth-order valence-electron chi connectivity index (χ4n) is 3.97. The zero-order valence-corrected chi connectivity index (χ0v) is 19.8. The van der Waals surface area contributed by atoms with E-state index in [9.17, 15) is 8.42 Å². The van der Waals surface area contributed by atoms with Crippen LogP contribution in [0.25, 0.3) is 16.9 Å². The zero-order valence-electron chi connectivity index (χ0n) is 18.1. The number of thiophene rings is 1. The number of methoxy groups -OCH3 is 1. The summed E-state index contributed by atoms with van der Waals surface area (Å²) in [5.74, 6) is 0.703. The van der Waals surface area contributed by atoms with E-state index < -0.39 is 16.1 Å². The highest BCUT2D eigenvalue weighted by Gasteiger charge is 2.37. The van der Waals surface area contributed by atoms with E-state index in [1.807, 2.05) is 77.6 Å². The molecule has 2 aromatic heterocycles. The lowest BCUT2D eigenvalue weighted by Crippen LogP contribution is -2.26. The second kappa shape index (κ2) is 8.49. The van der Waals surface area contributed by atoms with E-state index in [0.29, 0.717) is 17.9 Å². The molecule has 0 saturated carbocycles. The Balaban J connectivity index is 1.66. The lowest BCUT2D eigenvalue weighted by Gasteiger charge is -2.21. The summed E-state index contributed by atoms with van der Waals surface area (Å²) in [5.41, 5.74) is 4.89. The molecule has 1 atom stereocenters. The number of aromatic nitrogens is 2. The molecule has 3 heterocycles. The van der Waals surface area contributed by atoms with Gasteiger partial charge in [0.1, 0.15) is 5.75 Å². The third-order valence-electron chi connectivity index (χ3n) is 5.53. The first-order valence-corrected chi connectivity index (χ1v) is 13.1. The number of hydrogen-bond donors (Lipinski definition) is 0. The number of ether oxygens (including phenoxy) is 1. The van der Waals surface area contributed by atoms with E-state index in [0.717, 1.165) is 28.1 Å². The monoisotopic (exact) mass is 478 g/mol. The molecule has 0 spiro atoms. The molecule has 0 amide bonds. The average Bonchev–Trinajstić information content (AvgIpc) is 3.58. The molecule has 0 aliphatic carbocycles. The Kier molecular flexibility index (Phi) is 5.51. The summed E-state index contributed by atoms with van der Waals surface area (Å²) in [6, 6.07) is 18.8. The third kappa shape index (κ3) is 4.17. The maximum Gasteiger partial charge on any atom is 0.247 e. The molecule has 168 valence electrons. The first-order valence-electron chi connectivity index (χ1n) is 10.3. The fourth-order valence-corrected chi connectivity index (χ4v) is 5.53. The predicted octanol–water partition coefficient (Wildman–Crippen LogP) is 4.72. The molecular formula is C24H22N4O3S2. The first kappa shape index (κ1) is 21.4. The molecule has 2 aromatic carbocycles. The van der Waals surface area contributed by atoms with Crippen LogP contribution in [0.2, 0.25) is 0 Å². The molecule has 0 bridgehead atoms. The Labute approximate surface area is 196 Å². The van der Waals surface area contributed by atoms with Crippen LogP contribution in [-0.2, 0) is 10.0 Å². The number of para-hydroxylation sites is 1. The van der Waals surface area contributed by atoms with Crippen LogP contribution >= 0.6 is 11.3 Å². The second-order valence-electron chi connectivity index (χ2n) is 7.76. The van der Waals surface area contributed by atoms with Crippen LogP contribution in [0, 0.1) is 0 Å². The molecule has 7 nitrogen and oxygen atoms in total. The Bertz CT molecular complexity index is 1410. The quantitative estimate of drug-likeness (QED) is 0.402. The lowest BCUT2D eigenvalue weighted by molar-refractivity contribution is 0.375. The van der Waals surface area contributed by atoms with E-state index in [2.05, 4.69) is 5.10 Å². The number of hydrazone groups is 1. The molecule has 1 unspecified atom stereocenters. The van der Waals surface area contributed by atoms with Crippen molar-refractivity contribution in [2.24, 2.45) is 5.10 Å². The maximum absolute atomic E-state index is 12.7. The van der Waals surface area contributed by atoms with E-state index >= 15 is 0 Å². The molecule has 5 rings (SSSR count). The molecule has 33 heavy (non-hydrogen) atoms. The molecule has 1 aliphatic heterocycles. The number of benzene rings is 2. The zero-order chi connectivity index (χ0) is 23.0. The van der Waals surface area contributed by atoms with E-state index in [4.69, 9.17) is 9.84 Å². The largest absolute Gasteiger partial charge is 0.497 e. The van der Waals surface area contributed by atoms with Crippen molar-refractivity contribution in [2.45, 2.75) is 12.5 Å². The van der Waals surface area contributed by atoms with Crippen LogP contribution in [-0.4, -0.2) is 41.7 Å². The average molecular weight is 479 g/mol. The van der Waals surface area contributed by atoms with Crippen molar-refractivity contribution in [3.63, 3.8) is 0 Å². The SMILES string of the molecule is COc1cccc(-c2nn(-c3ccccc3)cc2C2CC(c3ccsc3)=NN2S(C)(=O)=O)c1. The highest BCUT2D eigenvalue weighted by Crippen LogP contribution is 2.40. The number of nitrogens with zero attached hydrogens (tertiary/aromatic N) is 4. The molecule has 9 heteroatoms. The molecule has 0 saturated heterocycles. The van der Waals surface area contributed by atoms with Gasteiger partial charge in [0.25, 0.3) is 0 Å². The van der Waals surface area contributed by atoms with Gasteiger partial charge in [-0.25, -0.2) is 13.1 Å². The number of hydrogen-bond acceptors (Lipinski definition) is 6. The smallest absolute Gasteiger partial charge is 0.247 e. The topological polar surface area (TPSA) is 76.8 Å². The van der Waals surface area contributed by atoms with Crippen LogP contribution in [0.1, 0.15) is 23.6 Å². The van der Waals surface area contributed by atoms with E-state index in [1.165, 1.54) is 10.7 Å². The van der Waals surface area contributed by atoms with Gasteiger partial charge < -0.3 is 4.74 Å². The van der Waals surface area contributed by atoms with Gasteiger partial charge in [-0.05, 0) is 41.1 Å². The van der Waals surface area contributed by atoms with Crippen molar-refractivity contribution in [2.75, 3.05) is 13.4 Å². The Morgan fingerprint density at radius 2 is 1.88 bits per heavy atom. The molecule has 4 aromatic rings.